The van der Waals surface area contributed by atoms with Crippen molar-refractivity contribution in [2.24, 2.45) is 5.92 Å². The summed E-state index contributed by atoms with van der Waals surface area (Å²) in [5.74, 6) is -1.41. The second kappa shape index (κ2) is 11.6. The summed E-state index contributed by atoms with van der Waals surface area (Å²) < 4.78 is 39.6. The number of carbonyl (C=O) groups is 2. The van der Waals surface area contributed by atoms with Gasteiger partial charge in [-0.1, -0.05) is 6.07 Å². The van der Waals surface area contributed by atoms with Crippen molar-refractivity contribution in [1.82, 2.24) is 24.3 Å². The molecule has 1 aliphatic rings. The van der Waals surface area contributed by atoms with Crippen LogP contribution in [0.4, 0.5) is 13.2 Å². The van der Waals surface area contributed by atoms with E-state index < -0.39 is 12.1 Å². The van der Waals surface area contributed by atoms with Crippen LogP contribution in [0.15, 0.2) is 36.8 Å². The summed E-state index contributed by atoms with van der Waals surface area (Å²) >= 11 is 0. The molecule has 0 radical (unpaired) electrons. The van der Waals surface area contributed by atoms with Crippen LogP contribution in [0.3, 0.4) is 0 Å². The van der Waals surface area contributed by atoms with Crippen molar-refractivity contribution in [3.8, 4) is 0 Å². The fourth-order valence-corrected chi connectivity index (χ4v) is 3.01. The van der Waals surface area contributed by atoms with E-state index in [1.54, 1.807) is 19.0 Å². The number of fused-ring (bicyclic) bond motifs is 1. The van der Waals surface area contributed by atoms with Crippen LogP contribution in [0.1, 0.15) is 11.5 Å². The Bertz CT molecular complexity index is 874. The molecule has 12 heteroatoms. The van der Waals surface area contributed by atoms with E-state index in [-0.39, 0.29) is 12.5 Å². The third kappa shape index (κ3) is 8.27. The van der Waals surface area contributed by atoms with E-state index >= 15 is 0 Å². The highest BCUT2D eigenvalue weighted by Crippen LogP contribution is 2.17. The van der Waals surface area contributed by atoms with E-state index in [9.17, 15) is 18.0 Å². The number of nitrogens with zero attached hydrogens (tertiary/aromatic N) is 5. The molecule has 0 saturated carbocycles. The van der Waals surface area contributed by atoms with Crippen LogP contribution in [0, 0.1) is 5.92 Å². The van der Waals surface area contributed by atoms with Gasteiger partial charge in [-0.05, 0) is 12.1 Å². The van der Waals surface area contributed by atoms with Crippen LogP contribution in [0.2, 0.25) is 0 Å². The third-order valence-corrected chi connectivity index (χ3v) is 4.57. The number of carboxylic acid groups (broad SMARTS) is 1. The first-order valence-electron chi connectivity index (χ1n) is 9.76. The molecule has 1 unspecified atom stereocenters. The maximum absolute atomic E-state index is 11.7. The first-order chi connectivity index (χ1) is 15.1. The van der Waals surface area contributed by atoms with Crippen LogP contribution in [-0.2, 0) is 34.0 Å². The molecule has 9 nitrogen and oxygen atoms in total. The number of pyridine rings is 1. The Kier molecular flexibility index (Phi) is 9.14. The minimum absolute atomic E-state index is 0.0118. The van der Waals surface area contributed by atoms with E-state index in [0.29, 0.717) is 12.5 Å². The number of alkyl halides is 3. The summed E-state index contributed by atoms with van der Waals surface area (Å²) in [7, 11) is 3.48. The van der Waals surface area contributed by atoms with Crippen LogP contribution < -0.4 is 0 Å². The monoisotopic (exact) mass is 457 g/mol. The molecule has 1 atom stereocenters. The minimum Gasteiger partial charge on any atom is -0.475 e. The molecule has 2 aromatic heterocycles. The molecule has 1 aliphatic heterocycles. The Morgan fingerprint density at radius 2 is 1.94 bits per heavy atom. The summed E-state index contributed by atoms with van der Waals surface area (Å²) in [4.78, 5) is 33.4. The second-order valence-electron chi connectivity index (χ2n) is 7.46. The van der Waals surface area contributed by atoms with Gasteiger partial charge in [0.15, 0.2) is 0 Å². The first-order valence-corrected chi connectivity index (χ1v) is 9.76. The predicted octanol–water partition coefficient (Wildman–Crippen LogP) is 1.65. The molecule has 3 heterocycles. The number of carbonyl (C=O) groups excluding carboxylic acids is 1. The number of hydrogen-bond acceptors (Lipinski definition) is 6. The lowest BCUT2D eigenvalue weighted by Gasteiger charge is -2.23. The van der Waals surface area contributed by atoms with Gasteiger partial charge >= 0.3 is 12.1 Å². The molecule has 0 fully saturated rings. The Balaban J connectivity index is 0.000000451. The number of rotatable bonds is 6. The predicted molar refractivity (Wildman–Crippen MR) is 107 cm³/mol. The summed E-state index contributed by atoms with van der Waals surface area (Å²) in [6.07, 6.45) is 0.589. The second-order valence-corrected chi connectivity index (χ2v) is 7.46. The fourth-order valence-electron chi connectivity index (χ4n) is 3.01. The first kappa shape index (κ1) is 25.3. The lowest BCUT2D eigenvalue weighted by atomic mass is 10.1. The van der Waals surface area contributed by atoms with Crippen molar-refractivity contribution in [2.45, 2.75) is 25.8 Å². The van der Waals surface area contributed by atoms with Crippen LogP contribution in [-0.4, -0.2) is 81.3 Å². The lowest BCUT2D eigenvalue weighted by Crippen LogP contribution is -2.32. The quantitative estimate of drug-likeness (QED) is 0.704. The standard InChI is InChI=1S/C18H25N5O2.C2HF3O2/c1-21(2)18(24)14-25-13-15-9-22(11-16-5-3-4-6-19-16)12-17-20-7-8-23(17)10-15;3-2(4,5)1(6)7/h3-8,15H,9-14H2,1-2H3;(H,6,7). The fraction of sp³-hybridized carbons (Fsp3) is 0.500. The molecule has 0 bridgehead atoms. The Morgan fingerprint density at radius 1 is 1.22 bits per heavy atom. The zero-order chi connectivity index (χ0) is 23.7. The molecule has 0 aromatic carbocycles. The van der Waals surface area contributed by atoms with E-state index in [0.717, 1.165) is 37.7 Å². The Hall–Kier alpha value is -2.99. The zero-order valence-corrected chi connectivity index (χ0v) is 17.8. The molecule has 0 aliphatic carbocycles. The van der Waals surface area contributed by atoms with Crippen molar-refractivity contribution in [3.05, 3.63) is 48.3 Å². The van der Waals surface area contributed by atoms with Gasteiger partial charge in [-0.2, -0.15) is 13.2 Å². The van der Waals surface area contributed by atoms with Crippen molar-refractivity contribution in [1.29, 1.82) is 0 Å². The SMILES string of the molecule is CN(C)C(=O)COCC1CN(Cc2ccccn2)Cc2nccn2C1.O=C(O)C(F)(F)F. The number of aromatic nitrogens is 3. The van der Waals surface area contributed by atoms with Gasteiger partial charge in [0.25, 0.3) is 0 Å². The number of halogens is 3. The number of aliphatic carboxylic acids is 1. The highest BCUT2D eigenvalue weighted by atomic mass is 19.4. The number of carboxylic acids is 1. The van der Waals surface area contributed by atoms with E-state index in [2.05, 4.69) is 19.4 Å². The number of imidazole rings is 1. The average Bonchev–Trinajstić information content (AvgIpc) is 3.07. The van der Waals surface area contributed by atoms with Gasteiger partial charge in [-0.3, -0.25) is 14.7 Å². The van der Waals surface area contributed by atoms with Crippen molar-refractivity contribution in [3.63, 3.8) is 0 Å². The maximum Gasteiger partial charge on any atom is 0.490 e. The number of likely N-dealkylation sites (N-methyl/N-ethyl adjacent to an activating group) is 1. The number of ether oxygens (including phenoxy) is 1. The largest absolute Gasteiger partial charge is 0.490 e. The van der Waals surface area contributed by atoms with Crippen molar-refractivity contribution >= 4 is 11.9 Å². The van der Waals surface area contributed by atoms with E-state index in [1.807, 2.05) is 36.8 Å². The summed E-state index contributed by atoms with van der Waals surface area (Å²) in [5, 5.41) is 7.12. The van der Waals surface area contributed by atoms with Crippen molar-refractivity contribution in [2.75, 3.05) is 33.9 Å². The Morgan fingerprint density at radius 3 is 2.53 bits per heavy atom. The Labute approximate surface area is 183 Å². The number of hydrogen-bond donors (Lipinski definition) is 1. The molecule has 176 valence electrons. The van der Waals surface area contributed by atoms with Gasteiger partial charge in [-0.15, -0.1) is 0 Å². The van der Waals surface area contributed by atoms with E-state index in [1.165, 1.54) is 0 Å². The van der Waals surface area contributed by atoms with Crippen molar-refractivity contribution < 1.29 is 32.6 Å². The third-order valence-electron chi connectivity index (χ3n) is 4.57. The lowest BCUT2D eigenvalue weighted by molar-refractivity contribution is -0.192. The molecule has 3 rings (SSSR count). The molecule has 2 aromatic rings. The van der Waals surface area contributed by atoms with Gasteiger partial charge in [0, 0.05) is 58.2 Å². The van der Waals surface area contributed by atoms with Crippen LogP contribution in [0.25, 0.3) is 0 Å². The van der Waals surface area contributed by atoms with Crippen LogP contribution in [0.5, 0.6) is 0 Å². The summed E-state index contributed by atoms with van der Waals surface area (Å²) in [6, 6.07) is 5.98. The molecular formula is C20H26F3N5O4. The molecule has 0 spiro atoms. The molecule has 0 saturated heterocycles. The zero-order valence-electron chi connectivity index (χ0n) is 17.8. The minimum atomic E-state index is -5.08. The smallest absolute Gasteiger partial charge is 0.475 e. The average molecular weight is 457 g/mol. The summed E-state index contributed by atoms with van der Waals surface area (Å²) in [6.45, 7) is 3.98. The van der Waals surface area contributed by atoms with E-state index in [4.69, 9.17) is 14.6 Å². The molecule has 1 N–H and O–H groups in total. The molecule has 1 amide bonds. The van der Waals surface area contributed by atoms with Gasteiger partial charge in [0.1, 0.15) is 12.4 Å². The topological polar surface area (TPSA) is 101 Å². The molecule has 32 heavy (non-hydrogen) atoms. The van der Waals surface area contributed by atoms with Gasteiger partial charge in [-0.25, -0.2) is 9.78 Å². The number of amides is 1. The normalized spacial score (nSPS) is 16.3. The highest BCUT2D eigenvalue weighted by molar-refractivity contribution is 5.76. The van der Waals surface area contributed by atoms with Gasteiger partial charge in [0.2, 0.25) is 5.91 Å². The maximum atomic E-state index is 11.7. The highest BCUT2D eigenvalue weighted by Gasteiger charge is 2.38. The van der Waals surface area contributed by atoms with Gasteiger partial charge in [0.05, 0.1) is 18.8 Å². The summed E-state index contributed by atoms with van der Waals surface area (Å²) in [5.41, 5.74) is 1.05. The van der Waals surface area contributed by atoms with Crippen LogP contribution >= 0.6 is 0 Å². The van der Waals surface area contributed by atoms with Gasteiger partial charge < -0.3 is 19.3 Å². The molecular weight excluding hydrogens is 431 g/mol.